The van der Waals surface area contributed by atoms with E-state index in [4.69, 9.17) is 11.6 Å². The average Bonchev–Trinajstić information content (AvgIpc) is 2.74. The van der Waals surface area contributed by atoms with Gasteiger partial charge in [0.2, 0.25) is 0 Å². The van der Waals surface area contributed by atoms with Crippen molar-refractivity contribution in [3.05, 3.63) is 45.8 Å². The van der Waals surface area contributed by atoms with Crippen molar-refractivity contribution in [1.82, 2.24) is 5.32 Å². The number of aryl methyl sites for hydroxylation is 1. The zero-order valence-electron chi connectivity index (χ0n) is 10.1. The first kappa shape index (κ1) is 12.6. The number of rotatable bonds is 4. The minimum Gasteiger partial charge on any atom is -0.313 e. The molecular formula is C14H16ClNS. The Morgan fingerprint density at radius 1 is 1.29 bits per heavy atom. The maximum absolute atomic E-state index is 6.22. The maximum Gasteiger partial charge on any atom is 0.0592 e. The Morgan fingerprint density at radius 2 is 2.12 bits per heavy atom. The second kappa shape index (κ2) is 5.67. The predicted molar refractivity (Wildman–Crippen MR) is 76.9 cm³/mol. The molecule has 0 saturated carbocycles. The highest BCUT2D eigenvalue weighted by molar-refractivity contribution is 7.14. The smallest absolute Gasteiger partial charge is 0.0592 e. The van der Waals surface area contributed by atoms with Crippen LogP contribution in [0.5, 0.6) is 0 Å². The minimum absolute atomic E-state index is 0.846. The molecule has 0 amide bonds. The molecule has 0 bridgehead atoms. The first-order valence-electron chi connectivity index (χ1n) is 5.76. The standard InChI is InChI=1S/C14H16ClNS/c1-3-16-9-11-5-4-10(2)8-12(11)14-13(15)6-7-17-14/h4-8,16H,3,9H2,1-2H3. The van der Waals surface area contributed by atoms with E-state index in [0.29, 0.717) is 0 Å². The summed E-state index contributed by atoms with van der Waals surface area (Å²) >= 11 is 7.92. The topological polar surface area (TPSA) is 12.0 Å². The molecule has 2 aromatic rings. The number of benzene rings is 1. The third-order valence-corrected chi connectivity index (χ3v) is 4.07. The van der Waals surface area contributed by atoms with Crippen molar-refractivity contribution >= 4 is 22.9 Å². The molecule has 0 fully saturated rings. The van der Waals surface area contributed by atoms with Crippen LogP contribution in [0.25, 0.3) is 10.4 Å². The number of hydrogen-bond donors (Lipinski definition) is 1. The first-order valence-corrected chi connectivity index (χ1v) is 7.01. The van der Waals surface area contributed by atoms with Crippen LogP contribution in [0, 0.1) is 6.92 Å². The third kappa shape index (κ3) is 2.89. The van der Waals surface area contributed by atoms with Crippen LogP contribution in [-0.4, -0.2) is 6.54 Å². The van der Waals surface area contributed by atoms with Crippen molar-refractivity contribution in [2.75, 3.05) is 6.54 Å². The summed E-state index contributed by atoms with van der Waals surface area (Å²) < 4.78 is 0. The fraction of sp³-hybridized carbons (Fsp3) is 0.286. The van der Waals surface area contributed by atoms with Gasteiger partial charge in [0.15, 0.2) is 0 Å². The molecule has 1 N–H and O–H groups in total. The summed E-state index contributed by atoms with van der Waals surface area (Å²) in [5.74, 6) is 0. The first-order chi connectivity index (χ1) is 8.22. The van der Waals surface area contributed by atoms with Crippen LogP contribution in [-0.2, 0) is 6.54 Å². The Hall–Kier alpha value is -0.830. The lowest BCUT2D eigenvalue weighted by atomic mass is 10.0. The Bertz CT molecular complexity index is 505. The summed E-state index contributed by atoms with van der Waals surface area (Å²) in [4.78, 5) is 1.17. The largest absolute Gasteiger partial charge is 0.313 e. The van der Waals surface area contributed by atoms with Crippen LogP contribution in [0.2, 0.25) is 5.02 Å². The monoisotopic (exact) mass is 265 g/mol. The molecule has 0 aliphatic rings. The van der Waals surface area contributed by atoms with Crippen molar-refractivity contribution in [3.63, 3.8) is 0 Å². The van der Waals surface area contributed by atoms with Crippen LogP contribution >= 0.6 is 22.9 Å². The minimum atomic E-state index is 0.846. The maximum atomic E-state index is 6.22. The molecule has 17 heavy (non-hydrogen) atoms. The molecule has 0 saturated heterocycles. The molecule has 0 aliphatic heterocycles. The lowest BCUT2D eigenvalue weighted by Gasteiger charge is -2.10. The summed E-state index contributed by atoms with van der Waals surface area (Å²) in [6, 6.07) is 8.51. The Kier molecular flexibility index (Phi) is 4.21. The molecule has 1 aromatic heterocycles. The van der Waals surface area contributed by atoms with Crippen molar-refractivity contribution in [3.8, 4) is 10.4 Å². The summed E-state index contributed by atoms with van der Waals surface area (Å²) in [6.07, 6.45) is 0. The molecule has 90 valence electrons. The highest BCUT2D eigenvalue weighted by Crippen LogP contribution is 2.35. The molecule has 3 heteroatoms. The Labute approximate surface area is 111 Å². The van der Waals surface area contributed by atoms with Crippen molar-refractivity contribution < 1.29 is 0 Å². The van der Waals surface area contributed by atoms with Gasteiger partial charge in [0.05, 0.1) is 9.90 Å². The molecule has 0 aliphatic carbocycles. The van der Waals surface area contributed by atoms with Gasteiger partial charge in [-0.1, -0.05) is 42.3 Å². The van der Waals surface area contributed by atoms with Gasteiger partial charge in [0.1, 0.15) is 0 Å². The van der Waals surface area contributed by atoms with Crippen LogP contribution in [0.1, 0.15) is 18.1 Å². The van der Waals surface area contributed by atoms with Gasteiger partial charge in [-0.25, -0.2) is 0 Å². The van der Waals surface area contributed by atoms with Gasteiger partial charge in [0.25, 0.3) is 0 Å². The lowest BCUT2D eigenvalue weighted by molar-refractivity contribution is 0.728. The van der Waals surface area contributed by atoms with Gasteiger partial charge in [-0.15, -0.1) is 11.3 Å². The van der Waals surface area contributed by atoms with E-state index in [1.165, 1.54) is 21.6 Å². The van der Waals surface area contributed by atoms with Gasteiger partial charge < -0.3 is 5.32 Å². The summed E-state index contributed by atoms with van der Waals surface area (Å²) in [5.41, 5.74) is 3.83. The zero-order valence-corrected chi connectivity index (χ0v) is 11.7. The Balaban J connectivity index is 2.43. The molecule has 0 atom stereocenters. The molecule has 0 radical (unpaired) electrons. The average molecular weight is 266 g/mol. The van der Waals surface area contributed by atoms with Crippen molar-refractivity contribution in [1.29, 1.82) is 0 Å². The van der Waals surface area contributed by atoms with E-state index in [1.54, 1.807) is 11.3 Å². The highest BCUT2D eigenvalue weighted by Gasteiger charge is 2.10. The van der Waals surface area contributed by atoms with E-state index in [1.807, 2.05) is 11.4 Å². The normalized spacial score (nSPS) is 10.8. The third-order valence-electron chi connectivity index (χ3n) is 2.69. The van der Waals surface area contributed by atoms with Crippen LogP contribution in [0.4, 0.5) is 0 Å². The van der Waals surface area contributed by atoms with Crippen LogP contribution in [0.15, 0.2) is 29.6 Å². The predicted octanol–water partition coefficient (Wildman–Crippen LogP) is 4.49. The summed E-state index contributed by atoms with van der Waals surface area (Å²) in [5, 5.41) is 6.25. The second-order valence-electron chi connectivity index (χ2n) is 4.04. The Morgan fingerprint density at radius 3 is 2.76 bits per heavy atom. The number of halogens is 1. The molecular weight excluding hydrogens is 250 g/mol. The quantitative estimate of drug-likeness (QED) is 0.859. The molecule has 2 rings (SSSR count). The number of nitrogens with one attached hydrogen (secondary N) is 1. The van der Waals surface area contributed by atoms with Crippen molar-refractivity contribution in [2.45, 2.75) is 20.4 Å². The fourth-order valence-electron chi connectivity index (χ4n) is 1.80. The van der Waals surface area contributed by atoms with Crippen LogP contribution < -0.4 is 5.32 Å². The molecule has 0 unspecified atom stereocenters. The molecule has 0 spiro atoms. The molecule has 1 aromatic carbocycles. The van der Waals surface area contributed by atoms with E-state index >= 15 is 0 Å². The van der Waals surface area contributed by atoms with E-state index < -0.39 is 0 Å². The van der Waals surface area contributed by atoms with Crippen molar-refractivity contribution in [2.24, 2.45) is 0 Å². The van der Waals surface area contributed by atoms with Gasteiger partial charge in [-0.2, -0.15) is 0 Å². The summed E-state index contributed by atoms with van der Waals surface area (Å²) in [7, 11) is 0. The van der Waals surface area contributed by atoms with Gasteiger partial charge in [0, 0.05) is 6.54 Å². The SMILES string of the molecule is CCNCc1ccc(C)cc1-c1sccc1Cl. The number of thiophene rings is 1. The summed E-state index contributed by atoms with van der Waals surface area (Å²) in [6.45, 7) is 6.10. The zero-order chi connectivity index (χ0) is 12.3. The second-order valence-corrected chi connectivity index (χ2v) is 5.36. The van der Waals surface area contributed by atoms with Gasteiger partial charge in [-0.05, 0) is 36.0 Å². The molecule has 1 heterocycles. The van der Waals surface area contributed by atoms with Gasteiger partial charge in [-0.3, -0.25) is 0 Å². The molecule has 1 nitrogen and oxygen atoms in total. The van der Waals surface area contributed by atoms with Crippen LogP contribution in [0.3, 0.4) is 0 Å². The lowest BCUT2D eigenvalue weighted by Crippen LogP contribution is -2.12. The van der Waals surface area contributed by atoms with E-state index in [-0.39, 0.29) is 0 Å². The highest BCUT2D eigenvalue weighted by atomic mass is 35.5. The van der Waals surface area contributed by atoms with E-state index in [2.05, 4.69) is 37.4 Å². The van der Waals surface area contributed by atoms with E-state index in [9.17, 15) is 0 Å². The fourth-order valence-corrected chi connectivity index (χ4v) is 3.01. The number of hydrogen-bond acceptors (Lipinski definition) is 2. The van der Waals surface area contributed by atoms with Gasteiger partial charge >= 0.3 is 0 Å². The van der Waals surface area contributed by atoms with E-state index in [0.717, 1.165) is 18.1 Å².